The zero-order valence-electron chi connectivity index (χ0n) is 10.1. The molecule has 0 aliphatic rings. The standard InChI is InChI=1S/3C2N3.4Co.3H2N/c3*3-1-5-2-4;;;;;;;/h;;;;;;;3*1H2/q3*-1;4*+2;3*-1. The van der Waals surface area contributed by atoms with Gasteiger partial charge in [-0.15, -0.1) is 18.0 Å². The molecule has 16 heteroatoms. The molecule has 0 aromatic rings. The van der Waals surface area contributed by atoms with Crippen LogP contribution in [0.1, 0.15) is 0 Å². The van der Waals surface area contributed by atoms with Crippen LogP contribution in [0.15, 0.2) is 15.0 Å². The molecule has 0 unspecified atom stereocenters. The van der Waals surface area contributed by atoms with Gasteiger partial charge in [0.2, 0.25) is 0 Å². The van der Waals surface area contributed by atoms with E-state index in [0.29, 0.717) is 0 Å². The first-order valence-corrected chi connectivity index (χ1v) is 2.68. The summed E-state index contributed by atoms with van der Waals surface area (Å²) in [5.74, 6) is 0. The van der Waals surface area contributed by atoms with Crippen LogP contribution in [0.4, 0.5) is 0 Å². The Hall–Kier alpha value is -1.48. The summed E-state index contributed by atoms with van der Waals surface area (Å²) >= 11 is 0. The van der Waals surface area contributed by atoms with E-state index in [-0.39, 0.29) is 85.6 Å². The molecule has 4 radical (unpaired) electrons. The molecule has 0 amide bonds. The van der Waals surface area contributed by atoms with Crippen molar-refractivity contribution in [3.05, 3.63) is 34.7 Å². The largest absolute Gasteiger partial charge is 2.00 e. The molecule has 124 valence electrons. The Kier molecular flexibility index (Phi) is 380. The number of hydrogen-bond donors (Lipinski definition) is 0. The van der Waals surface area contributed by atoms with Crippen molar-refractivity contribution in [1.82, 2.24) is 0 Å². The molecule has 0 spiro atoms. The second-order valence-electron chi connectivity index (χ2n) is 0.935. The molecule has 0 atom stereocenters. The van der Waals surface area contributed by atoms with Crippen molar-refractivity contribution in [1.29, 1.82) is 15.8 Å². The number of rotatable bonds is 0. The van der Waals surface area contributed by atoms with E-state index in [1.165, 1.54) is 36.6 Å². The maximum atomic E-state index is 7.43. The molecule has 22 heavy (non-hydrogen) atoms. The Morgan fingerprint density at radius 1 is 0.500 bits per heavy atom. The Morgan fingerprint density at radius 2 is 0.636 bits per heavy atom. The molecule has 0 bridgehead atoms. The predicted molar refractivity (Wildman–Crippen MR) is 65.1 cm³/mol. The average molecular weight is 482 g/mol. The third-order valence-electron chi connectivity index (χ3n) is 0.300. The minimum Gasteiger partial charge on any atom is -0.693 e. The fraction of sp³-hybridized carbons (Fsp3) is 0. The van der Waals surface area contributed by atoms with Crippen molar-refractivity contribution >= 4 is 18.0 Å². The minimum atomic E-state index is 0. The average Bonchev–Trinajstić information content (AvgIpc) is 2.23. The first-order valence-electron chi connectivity index (χ1n) is 2.68. The first kappa shape index (κ1) is 70.7. The molecule has 0 aliphatic heterocycles. The molecule has 0 fully saturated rings. The van der Waals surface area contributed by atoms with Crippen molar-refractivity contribution in [3.8, 4) is 18.6 Å². The van der Waals surface area contributed by atoms with Crippen molar-refractivity contribution in [2.45, 2.75) is 0 Å². The second-order valence-corrected chi connectivity index (χ2v) is 0.935. The van der Waals surface area contributed by atoms with Crippen LogP contribution in [0.2, 0.25) is 0 Å². The molecule has 12 nitrogen and oxygen atoms in total. The van der Waals surface area contributed by atoms with Crippen LogP contribution < -0.4 is 0 Å². The second kappa shape index (κ2) is 118. The van der Waals surface area contributed by atoms with E-state index in [1.807, 2.05) is 0 Å². The van der Waals surface area contributed by atoms with Crippen LogP contribution in [0.25, 0.3) is 34.7 Å². The molecule has 0 aliphatic carbocycles. The van der Waals surface area contributed by atoms with Crippen molar-refractivity contribution < 1.29 is 67.1 Å². The van der Waals surface area contributed by atoms with Crippen LogP contribution in [-0.4, -0.2) is 18.0 Å². The maximum absolute atomic E-state index is 7.43. The Balaban J connectivity index is -0.0000000106. The molecule has 0 aromatic heterocycles. The normalized spacial score (nSPS) is 2.59. The monoisotopic (exact) mass is 482 g/mol. The summed E-state index contributed by atoms with van der Waals surface area (Å²) in [6.45, 7) is 0. The van der Waals surface area contributed by atoms with Crippen molar-refractivity contribution in [3.63, 3.8) is 0 Å². The summed E-state index contributed by atoms with van der Waals surface area (Å²) in [5.41, 5.74) is 0. The summed E-state index contributed by atoms with van der Waals surface area (Å²) in [6, 6.07) is 3.84. The fourth-order valence-corrected chi connectivity index (χ4v) is 0.0671. The van der Waals surface area contributed by atoms with Crippen molar-refractivity contribution in [2.24, 2.45) is 15.0 Å². The van der Waals surface area contributed by atoms with E-state index in [9.17, 15) is 0 Å². The van der Waals surface area contributed by atoms with E-state index in [2.05, 4.69) is 15.0 Å². The third-order valence-corrected chi connectivity index (χ3v) is 0.300. The predicted octanol–water partition coefficient (Wildman–Crippen LogP) is 2.77. The van der Waals surface area contributed by atoms with Gasteiger partial charge in [-0.3, -0.25) is 0 Å². The summed E-state index contributed by atoms with van der Waals surface area (Å²) in [5, 5.41) is 44.6. The van der Waals surface area contributed by atoms with E-state index in [4.69, 9.17) is 32.0 Å². The zero-order valence-corrected chi connectivity index (χ0v) is 14.3. The van der Waals surface area contributed by atoms with Gasteiger partial charge in [-0.2, -0.15) is 15.8 Å². The molecular formula is C6H6Co4N12+2. The van der Waals surface area contributed by atoms with Crippen LogP contribution >= 0.6 is 0 Å². The summed E-state index contributed by atoms with van der Waals surface area (Å²) in [6.07, 6.45) is 3.84. The van der Waals surface area contributed by atoms with Gasteiger partial charge in [0.05, 0.1) is 18.6 Å². The van der Waals surface area contributed by atoms with Gasteiger partial charge < -0.3 is 49.7 Å². The van der Waals surface area contributed by atoms with Crippen LogP contribution in [-0.2, 0) is 67.1 Å². The smallest absolute Gasteiger partial charge is 0.693 e. The molecule has 0 saturated heterocycles. The molecule has 0 rings (SSSR count). The molecule has 0 saturated carbocycles. The maximum Gasteiger partial charge on any atom is 2.00 e. The molecular weight excluding hydrogens is 476 g/mol. The van der Waals surface area contributed by atoms with Gasteiger partial charge in [0.1, 0.15) is 0 Å². The van der Waals surface area contributed by atoms with Crippen molar-refractivity contribution in [2.75, 3.05) is 0 Å². The van der Waals surface area contributed by atoms with E-state index in [0.717, 1.165) is 0 Å². The zero-order chi connectivity index (χ0) is 12.4. The van der Waals surface area contributed by atoms with Gasteiger partial charge in [-0.1, -0.05) is 0 Å². The van der Waals surface area contributed by atoms with Crippen LogP contribution in [0.3, 0.4) is 0 Å². The Labute approximate surface area is 168 Å². The molecule has 0 aromatic carbocycles. The van der Waals surface area contributed by atoms with Gasteiger partial charge in [0.15, 0.2) is 0 Å². The molecule has 0 heterocycles. The summed E-state index contributed by atoms with van der Waals surface area (Å²) in [4.78, 5) is 7.75. The van der Waals surface area contributed by atoms with Gasteiger partial charge in [-0.05, 0) is 0 Å². The van der Waals surface area contributed by atoms with Gasteiger partial charge in [-0.25, -0.2) is 0 Å². The first-order chi connectivity index (χ1) is 7.24. The topological polar surface area (TPSA) is 276 Å². The van der Waals surface area contributed by atoms with Crippen LogP contribution in [0.5, 0.6) is 0 Å². The van der Waals surface area contributed by atoms with E-state index in [1.54, 1.807) is 0 Å². The van der Waals surface area contributed by atoms with Gasteiger partial charge >= 0.3 is 67.1 Å². The Morgan fingerprint density at radius 3 is 0.636 bits per heavy atom. The quantitative estimate of drug-likeness (QED) is 0.372. The molecule has 6 N–H and O–H groups in total. The van der Waals surface area contributed by atoms with Gasteiger partial charge in [0.25, 0.3) is 0 Å². The summed E-state index contributed by atoms with van der Waals surface area (Å²) in [7, 11) is 0. The Bertz CT molecular complexity index is 359. The summed E-state index contributed by atoms with van der Waals surface area (Å²) < 4.78 is 0. The van der Waals surface area contributed by atoms with Crippen LogP contribution in [0, 0.1) is 34.4 Å². The number of aliphatic imine (C=N–C) groups is 3. The van der Waals surface area contributed by atoms with Gasteiger partial charge in [0, 0.05) is 0 Å². The SMILES string of the molecule is N#CN=C=[N-].N#CN=C=[N-].N#CN=C=[N-].[Co+2].[Co+2].[Co+2].[Co+2].[NH2-].[NH2-].[NH2-]. The fourth-order valence-electron chi connectivity index (χ4n) is 0.0671. The third kappa shape index (κ3) is 279. The minimum absolute atomic E-state index is 0. The number of nitrogens with two attached hydrogens (primary N) is 3. The number of nitriles is 3. The number of hydrogen-bond acceptors (Lipinski definition) is 6. The van der Waals surface area contributed by atoms with E-state index < -0.39 is 0 Å². The van der Waals surface area contributed by atoms with E-state index >= 15 is 0 Å². The number of nitrogens with zero attached hydrogens (tertiary/aromatic N) is 9.